The Morgan fingerprint density at radius 1 is 1.52 bits per heavy atom. The van der Waals surface area contributed by atoms with E-state index < -0.39 is 0 Å². The molecule has 2 aromatic heterocycles. The van der Waals surface area contributed by atoms with Gasteiger partial charge in [-0.1, -0.05) is 19.0 Å². The van der Waals surface area contributed by atoms with Gasteiger partial charge in [0.05, 0.1) is 0 Å². The van der Waals surface area contributed by atoms with Crippen LogP contribution in [0.25, 0.3) is 0 Å². The van der Waals surface area contributed by atoms with Crippen LogP contribution in [-0.4, -0.2) is 37.9 Å². The number of aromatic nitrogens is 4. The first-order valence-corrected chi connectivity index (χ1v) is 6.83. The Labute approximate surface area is 121 Å². The summed E-state index contributed by atoms with van der Waals surface area (Å²) < 4.78 is 4.76. The van der Waals surface area contributed by atoms with Crippen LogP contribution in [-0.2, 0) is 19.4 Å². The zero-order valence-corrected chi connectivity index (χ0v) is 12.1. The fourth-order valence-corrected chi connectivity index (χ4v) is 1.86. The van der Waals surface area contributed by atoms with Gasteiger partial charge in [-0.2, -0.15) is 10.1 Å². The molecule has 8 heteroatoms. The number of carbonyl (C=O) groups is 1. The van der Waals surface area contributed by atoms with Crippen LogP contribution in [0.5, 0.6) is 0 Å². The summed E-state index contributed by atoms with van der Waals surface area (Å²) in [5.41, 5.74) is 1.32. The second-order valence-corrected chi connectivity index (χ2v) is 5.14. The van der Waals surface area contributed by atoms with Crippen molar-refractivity contribution in [3.8, 4) is 0 Å². The molecule has 0 radical (unpaired) electrons. The molecule has 0 saturated heterocycles. The molecule has 2 aromatic rings. The molecule has 0 aliphatic carbocycles. The van der Waals surface area contributed by atoms with E-state index in [4.69, 9.17) is 9.63 Å². The zero-order valence-electron chi connectivity index (χ0n) is 12.1. The molecule has 2 heterocycles. The molecule has 0 saturated carbocycles. The topological polar surface area (TPSA) is 117 Å². The van der Waals surface area contributed by atoms with Gasteiger partial charge >= 0.3 is 0 Å². The lowest BCUT2D eigenvalue weighted by molar-refractivity contribution is 0.0949. The lowest BCUT2D eigenvalue weighted by atomic mass is 10.1. The van der Waals surface area contributed by atoms with E-state index in [0.717, 1.165) is 12.1 Å². The second-order valence-electron chi connectivity index (χ2n) is 5.14. The normalized spacial score (nSPS) is 11.0. The van der Waals surface area contributed by atoms with Gasteiger partial charge in [0, 0.05) is 18.7 Å². The summed E-state index contributed by atoms with van der Waals surface area (Å²) in [5.74, 6) is 0.872. The van der Waals surface area contributed by atoms with Gasteiger partial charge in [0.25, 0.3) is 11.8 Å². The standard InChI is InChI=1S/C13H19N5O3/c1-8(2)5-9-6-10(17-16-9)13(20)14-4-3-11-15-12(7-19)21-18-11/h6,8,19H,3-5,7H2,1-2H3,(H,14,20)(H,16,17). The maximum atomic E-state index is 11.9. The van der Waals surface area contributed by atoms with Crippen molar-refractivity contribution in [2.45, 2.75) is 33.3 Å². The van der Waals surface area contributed by atoms with E-state index in [1.165, 1.54) is 0 Å². The Bertz CT molecular complexity index is 590. The molecule has 0 bridgehead atoms. The number of aliphatic hydroxyl groups is 1. The molecule has 114 valence electrons. The maximum absolute atomic E-state index is 11.9. The Hall–Kier alpha value is -2.22. The van der Waals surface area contributed by atoms with Gasteiger partial charge in [-0.15, -0.1) is 0 Å². The van der Waals surface area contributed by atoms with Gasteiger partial charge < -0.3 is 14.9 Å². The highest BCUT2D eigenvalue weighted by molar-refractivity contribution is 5.92. The van der Waals surface area contributed by atoms with Crippen molar-refractivity contribution in [3.05, 3.63) is 29.2 Å². The van der Waals surface area contributed by atoms with Gasteiger partial charge in [0.2, 0.25) is 0 Å². The molecule has 0 aliphatic rings. The summed E-state index contributed by atoms with van der Waals surface area (Å²) in [7, 11) is 0. The number of aromatic amines is 1. The largest absolute Gasteiger partial charge is 0.387 e. The van der Waals surface area contributed by atoms with E-state index in [9.17, 15) is 4.79 Å². The average Bonchev–Trinajstić information content (AvgIpc) is 3.07. The summed E-state index contributed by atoms with van der Waals surface area (Å²) in [6.45, 7) is 4.29. The Morgan fingerprint density at radius 2 is 2.33 bits per heavy atom. The van der Waals surface area contributed by atoms with Gasteiger partial charge in [0.1, 0.15) is 12.3 Å². The highest BCUT2D eigenvalue weighted by atomic mass is 16.5. The van der Waals surface area contributed by atoms with Crippen LogP contribution in [0, 0.1) is 5.92 Å². The minimum Gasteiger partial charge on any atom is -0.387 e. The van der Waals surface area contributed by atoms with Crippen LogP contribution in [0.15, 0.2) is 10.6 Å². The molecule has 0 spiro atoms. The number of amides is 1. The third-order valence-electron chi connectivity index (χ3n) is 2.77. The molecule has 0 atom stereocenters. The fraction of sp³-hybridized carbons (Fsp3) is 0.538. The van der Waals surface area contributed by atoms with E-state index in [1.54, 1.807) is 6.07 Å². The molecule has 1 amide bonds. The van der Waals surface area contributed by atoms with Crippen LogP contribution in [0.1, 0.15) is 41.7 Å². The van der Waals surface area contributed by atoms with Gasteiger partial charge in [-0.25, -0.2) is 0 Å². The Kier molecular flexibility index (Phi) is 5.04. The number of aliphatic hydroxyl groups excluding tert-OH is 1. The van der Waals surface area contributed by atoms with Crippen molar-refractivity contribution in [1.29, 1.82) is 0 Å². The number of H-pyrrole nitrogens is 1. The molecule has 8 nitrogen and oxygen atoms in total. The first-order valence-electron chi connectivity index (χ1n) is 6.83. The molecule has 0 aliphatic heterocycles. The van der Waals surface area contributed by atoms with Crippen LogP contribution < -0.4 is 5.32 Å². The molecule has 0 unspecified atom stereocenters. The van der Waals surface area contributed by atoms with Gasteiger partial charge in [-0.05, 0) is 18.4 Å². The summed E-state index contributed by atoms with van der Waals surface area (Å²) in [6, 6.07) is 1.76. The molecule has 0 aromatic carbocycles. The molecule has 2 rings (SSSR count). The summed E-state index contributed by atoms with van der Waals surface area (Å²) in [4.78, 5) is 15.8. The quantitative estimate of drug-likeness (QED) is 0.682. The first-order chi connectivity index (χ1) is 10.1. The second kappa shape index (κ2) is 6.98. The molecular formula is C13H19N5O3. The average molecular weight is 293 g/mol. The van der Waals surface area contributed by atoms with Crippen molar-refractivity contribution in [3.63, 3.8) is 0 Å². The molecule has 0 fully saturated rings. The monoisotopic (exact) mass is 293 g/mol. The number of hydrogen-bond acceptors (Lipinski definition) is 6. The van der Waals surface area contributed by atoms with E-state index in [0.29, 0.717) is 30.4 Å². The van der Waals surface area contributed by atoms with E-state index in [-0.39, 0.29) is 18.4 Å². The number of nitrogens with one attached hydrogen (secondary N) is 2. The van der Waals surface area contributed by atoms with Crippen molar-refractivity contribution >= 4 is 5.91 Å². The lowest BCUT2D eigenvalue weighted by Gasteiger charge is -2.00. The van der Waals surface area contributed by atoms with E-state index in [1.807, 2.05) is 0 Å². The third-order valence-corrected chi connectivity index (χ3v) is 2.77. The van der Waals surface area contributed by atoms with Crippen molar-refractivity contribution in [1.82, 2.24) is 25.7 Å². The lowest BCUT2D eigenvalue weighted by Crippen LogP contribution is -2.26. The summed E-state index contributed by atoms with van der Waals surface area (Å²) in [5, 5.41) is 22.1. The Balaban J connectivity index is 1.80. The number of nitrogens with zero attached hydrogens (tertiary/aromatic N) is 3. The van der Waals surface area contributed by atoms with Crippen molar-refractivity contribution in [2.24, 2.45) is 5.92 Å². The molecular weight excluding hydrogens is 274 g/mol. The van der Waals surface area contributed by atoms with E-state index in [2.05, 4.69) is 39.5 Å². The molecule has 3 N–H and O–H groups in total. The van der Waals surface area contributed by atoms with Crippen LogP contribution in [0.2, 0.25) is 0 Å². The van der Waals surface area contributed by atoms with Gasteiger partial charge in [-0.3, -0.25) is 9.89 Å². The van der Waals surface area contributed by atoms with E-state index >= 15 is 0 Å². The number of carbonyl (C=O) groups excluding carboxylic acids is 1. The highest BCUT2D eigenvalue weighted by Gasteiger charge is 2.11. The first kappa shape index (κ1) is 15.2. The predicted molar refractivity (Wildman–Crippen MR) is 73.4 cm³/mol. The zero-order chi connectivity index (χ0) is 15.2. The number of rotatable bonds is 7. The van der Waals surface area contributed by atoms with Crippen LogP contribution in [0.4, 0.5) is 0 Å². The van der Waals surface area contributed by atoms with Crippen LogP contribution in [0.3, 0.4) is 0 Å². The maximum Gasteiger partial charge on any atom is 0.271 e. The van der Waals surface area contributed by atoms with Crippen molar-refractivity contribution < 1.29 is 14.4 Å². The summed E-state index contributed by atoms with van der Waals surface area (Å²) >= 11 is 0. The predicted octanol–water partition coefficient (Wildman–Crippen LogP) is 0.456. The minimum atomic E-state index is -0.286. The summed E-state index contributed by atoms with van der Waals surface area (Å²) in [6.07, 6.45) is 1.28. The third kappa shape index (κ3) is 4.38. The smallest absolute Gasteiger partial charge is 0.271 e. The molecule has 21 heavy (non-hydrogen) atoms. The Morgan fingerprint density at radius 3 is 3.00 bits per heavy atom. The van der Waals surface area contributed by atoms with Crippen LogP contribution >= 0.6 is 0 Å². The number of hydrogen-bond donors (Lipinski definition) is 3. The minimum absolute atomic E-state index is 0.168. The SMILES string of the molecule is CC(C)Cc1cc(C(=O)NCCc2noc(CO)n2)n[nH]1. The van der Waals surface area contributed by atoms with Gasteiger partial charge in [0.15, 0.2) is 5.82 Å². The van der Waals surface area contributed by atoms with Crippen molar-refractivity contribution in [2.75, 3.05) is 6.54 Å². The fourth-order valence-electron chi connectivity index (χ4n) is 1.86. The highest BCUT2D eigenvalue weighted by Crippen LogP contribution is 2.06.